The fourth-order valence-electron chi connectivity index (χ4n) is 3.22. The molecule has 0 N–H and O–H groups in total. The quantitative estimate of drug-likeness (QED) is 0.429. The summed E-state index contributed by atoms with van der Waals surface area (Å²) in [5.41, 5.74) is 0. The molecule has 0 spiro atoms. The van der Waals surface area contributed by atoms with Crippen LogP contribution in [0.4, 0.5) is 0 Å². The van der Waals surface area contributed by atoms with Crippen LogP contribution in [-0.2, 0) is 0 Å². The van der Waals surface area contributed by atoms with Gasteiger partial charge in [0.1, 0.15) is 0 Å². The molecule has 0 aromatic heterocycles. The summed E-state index contributed by atoms with van der Waals surface area (Å²) in [6.45, 7) is 4.07. The Bertz CT molecular complexity index is 682. The third kappa shape index (κ3) is 2.59. The van der Waals surface area contributed by atoms with Crippen LogP contribution in [0.25, 0.3) is 0 Å². The second-order valence-electron chi connectivity index (χ2n) is 5.66. The minimum atomic E-state index is -2.74. The molecule has 0 unspecified atom stereocenters. The van der Waals surface area contributed by atoms with Crippen LogP contribution in [0.5, 0.6) is 0 Å². The van der Waals surface area contributed by atoms with Crippen molar-refractivity contribution in [3.8, 4) is 0 Å². The average Bonchev–Trinajstić information content (AvgIpc) is 2.64. The van der Waals surface area contributed by atoms with E-state index in [1.807, 2.05) is 6.08 Å². The van der Waals surface area contributed by atoms with Crippen molar-refractivity contribution in [2.75, 3.05) is 6.16 Å². The first-order valence-corrected chi connectivity index (χ1v) is 12.1. The molecule has 0 atom stereocenters. The van der Waals surface area contributed by atoms with Crippen LogP contribution in [0.15, 0.2) is 104 Å². The molecule has 116 valence electrons. The zero-order chi connectivity index (χ0) is 16.2. The van der Waals surface area contributed by atoms with Crippen molar-refractivity contribution in [1.82, 2.24) is 0 Å². The molecule has 0 heterocycles. The first-order chi connectivity index (χ1) is 11.2. The normalized spacial score (nSPS) is 13.0. The van der Waals surface area contributed by atoms with Gasteiger partial charge in [-0.25, -0.2) is 0 Å². The Morgan fingerprint density at radius 2 is 0.957 bits per heavy atom. The molecular formula is C21H20BrP. The van der Waals surface area contributed by atoms with E-state index in [1.165, 1.54) is 15.9 Å². The standard InChI is InChI=1S/C21H20BrP/c1-2-18-23(22,19-12-6-3-7-13-19,20-14-8-4-9-15-20)21-16-10-5-11-17-21/h2-17H,1,18H2. The van der Waals surface area contributed by atoms with Gasteiger partial charge in [0, 0.05) is 0 Å². The molecule has 0 fully saturated rings. The fraction of sp³-hybridized carbons (Fsp3) is 0.0476. The minimum absolute atomic E-state index is 0.879. The SMILES string of the molecule is C=CCP(Br)(c1ccccc1)(c1ccccc1)c1ccccc1. The molecule has 0 radical (unpaired) electrons. The van der Waals surface area contributed by atoms with Crippen LogP contribution in [0.1, 0.15) is 0 Å². The summed E-state index contributed by atoms with van der Waals surface area (Å²) in [4.78, 5) is 0. The van der Waals surface area contributed by atoms with E-state index in [0.29, 0.717) is 0 Å². The van der Waals surface area contributed by atoms with Crippen LogP contribution in [0.3, 0.4) is 0 Å². The van der Waals surface area contributed by atoms with E-state index < -0.39 is 5.31 Å². The van der Waals surface area contributed by atoms with E-state index in [2.05, 4.69) is 113 Å². The predicted molar refractivity (Wildman–Crippen MR) is 109 cm³/mol. The third-order valence-corrected chi connectivity index (χ3v) is 14.0. The Morgan fingerprint density at radius 1 is 0.652 bits per heavy atom. The number of rotatable bonds is 5. The van der Waals surface area contributed by atoms with Crippen molar-refractivity contribution < 1.29 is 0 Å². The van der Waals surface area contributed by atoms with Gasteiger partial charge in [-0.3, -0.25) is 0 Å². The van der Waals surface area contributed by atoms with Gasteiger partial charge in [-0.15, -0.1) is 0 Å². The Morgan fingerprint density at radius 3 is 1.22 bits per heavy atom. The third-order valence-electron chi connectivity index (χ3n) is 4.36. The maximum absolute atomic E-state index is 4.34. The van der Waals surface area contributed by atoms with E-state index in [9.17, 15) is 0 Å². The summed E-state index contributed by atoms with van der Waals surface area (Å²) >= 11 is 4.34. The topological polar surface area (TPSA) is 0 Å². The van der Waals surface area contributed by atoms with E-state index in [0.717, 1.165) is 6.16 Å². The van der Waals surface area contributed by atoms with Crippen molar-refractivity contribution in [3.63, 3.8) is 0 Å². The summed E-state index contributed by atoms with van der Waals surface area (Å²) < 4.78 is 0. The van der Waals surface area contributed by atoms with Crippen LogP contribution >= 0.6 is 20.8 Å². The van der Waals surface area contributed by atoms with Gasteiger partial charge in [0.05, 0.1) is 0 Å². The van der Waals surface area contributed by atoms with Crippen LogP contribution in [-0.4, -0.2) is 6.16 Å². The summed E-state index contributed by atoms with van der Waals surface area (Å²) in [7, 11) is 0. The van der Waals surface area contributed by atoms with Crippen LogP contribution < -0.4 is 15.9 Å². The molecule has 2 heteroatoms. The molecule has 0 aliphatic rings. The molecule has 0 saturated heterocycles. The first-order valence-electron chi connectivity index (χ1n) is 7.70. The van der Waals surface area contributed by atoms with E-state index >= 15 is 0 Å². The maximum atomic E-state index is 4.34. The summed E-state index contributed by atoms with van der Waals surface area (Å²) in [6.07, 6.45) is 2.92. The summed E-state index contributed by atoms with van der Waals surface area (Å²) in [5.74, 6) is 0. The van der Waals surface area contributed by atoms with Gasteiger partial charge in [-0.05, 0) is 0 Å². The number of hydrogen-bond donors (Lipinski definition) is 0. The van der Waals surface area contributed by atoms with Crippen molar-refractivity contribution in [2.24, 2.45) is 0 Å². The van der Waals surface area contributed by atoms with Gasteiger partial charge in [-0.2, -0.15) is 0 Å². The monoisotopic (exact) mass is 382 g/mol. The summed E-state index contributed by atoms with van der Waals surface area (Å²) in [6, 6.07) is 32.3. The molecule has 3 aromatic carbocycles. The molecule has 0 aliphatic carbocycles. The molecule has 0 aliphatic heterocycles. The van der Waals surface area contributed by atoms with Gasteiger partial charge >= 0.3 is 147 Å². The van der Waals surface area contributed by atoms with Crippen molar-refractivity contribution in [1.29, 1.82) is 0 Å². The summed E-state index contributed by atoms with van der Waals surface area (Å²) in [5, 5.41) is 1.25. The number of halogens is 1. The Labute approximate surface area is 146 Å². The number of hydrogen-bond acceptors (Lipinski definition) is 0. The Hall–Kier alpha value is -1.69. The molecule has 0 amide bonds. The molecule has 0 saturated carbocycles. The van der Waals surface area contributed by atoms with Crippen molar-refractivity contribution in [2.45, 2.75) is 0 Å². The van der Waals surface area contributed by atoms with E-state index in [1.54, 1.807) is 0 Å². The molecule has 0 nitrogen and oxygen atoms in total. The molecule has 23 heavy (non-hydrogen) atoms. The predicted octanol–water partition coefficient (Wildman–Crippen LogP) is 5.01. The fourth-order valence-corrected chi connectivity index (χ4v) is 10.4. The van der Waals surface area contributed by atoms with Crippen molar-refractivity contribution >= 4 is 36.7 Å². The van der Waals surface area contributed by atoms with E-state index in [4.69, 9.17) is 0 Å². The van der Waals surface area contributed by atoms with Crippen LogP contribution in [0.2, 0.25) is 0 Å². The molecular weight excluding hydrogens is 363 g/mol. The molecule has 3 rings (SSSR count). The van der Waals surface area contributed by atoms with E-state index in [-0.39, 0.29) is 0 Å². The number of allylic oxidation sites excluding steroid dienone is 1. The molecule has 3 aromatic rings. The second kappa shape index (κ2) is 6.43. The van der Waals surface area contributed by atoms with Gasteiger partial charge < -0.3 is 0 Å². The van der Waals surface area contributed by atoms with Crippen molar-refractivity contribution in [3.05, 3.63) is 104 Å². The average molecular weight is 383 g/mol. The number of benzene rings is 3. The molecule has 0 bridgehead atoms. The Kier molecular flexibility index (Phi) is 4.53. The zero-order valence-electron chi connectivity index (χ0n) is 13.0. The van der Waals surface area contributed by atoms with Gasteiger partial charge in [0.15, 0.2) is 0 Å². The van der Waals surface area contributed by atoms with Gasteiger partial charge in [0.2, 0.25) is 0 Å². The van der Waals surface area contributed by atoms with Gasteiger partial charge in [0.25, 0.3) is 0 Å². The van der Waals surface area contributed by atoms with Crippen LogP contribution in [0, 0.1) is 0 Å². The van der Waals surface area contributed by atoms with Gasteiger partial charge in [-0.1, -0.05) is 0 Å². The first kappa shape index (κ1) is 16.2. The Balaban J connectivity index is 2.43. The zero-order valence-corrected chi connectivity index (χ0v) is 15.5. The second-order valence-corrected chi connectivity index (χ2v) is 14.6.